The summed E-state index contributed by atoms with van der Waals surface area (Å²) in [6.07, 6.45) is 1.98. The summed E-state index contributed by atoms with van der Waals surface area (Å²) < 4.78 is 0. The molecule has 1 heterocycles. The highest BCUT2D eigenvalue weighted by atomic mass is 16.1. The van der Waals surface area contributed by atoms with Gasteiger partial charge in [0.25, 0.3) is 0 Å². The Labute approximate surface area is 163 Å². The summed E-state index contributed by atoms with van der Waals surface area (Å²) in [5.74, 6) is 0.344. The first kappa shape index (κ1) is 17.6. The average Bonchev–Trinajstić information content (AvgIpc) is 2.76. The van der Waals surface area contributed by atoms with E-state index in [0.29, 0.717) is 11.5 Å². The molecule has 1 aromatic heterocycles. The van der Waals surface area contributed by atoms with Gasteiger partial charge in [0, 0.05) is 11.1 Å². The lowest BCUT2D eigenvalue weighted by molar-refractivity contribution is -0.115. The van der Waals surface area contributed by atoms with Crippen LogP contribution in [-0.2, 0) is 11.2 Å². The Bertz CT molecular complexity index is 1060. The van der Waals surface area contributed by atoms with E-state index in [2.05, 4.69) is 10.3 Å². The van der Waals surface area contributed by atoms with Crippen molar-refractivity contribution in [3.8, 4) is 22.5 Å². The highest BCUT2D eigenvalue weighted by Gasteiger charge is 2.14. The van der Waals surface area contributed by atoms with Crippen LogP contribution in [0, 0.1) is 0 Å². The fourth-order valence-electron chi connectivity index (χ4n) is 2.98. The quantitative estimate of drug-likeness (QED) is 0.542. The summed E-state index contributed by atoms with van der Waals surface area (Å²) >= 11 is 0. The number of nitrogens with one attached hydrogen (secondary N) is 1. The summed E-state index contributed by atoms with van der Waals surface area (Å²) in [4.78, 5) is 21.9. The molecule has 28 heavy (non-hydrogen) atoms. The zero-order valence-electron chi connectivity index (χ0n) is 15.2. The molecule has 0 unspecified atom stereocenters. The van der Waals surface area contributed by atoms with Gasteiger partial charge in [-0.05, 0) is 5.56 Å². The molecule has 0 bridgehead atoms. The molecule has 0 fully saturated rings. The van der Waals surface area contributed by atoms with Crippen molar-refractivity contribution >= 4 is 11.7 Å². The van der Waals surface area contributed by atoms with Gasteiger partial charge in [0.15, 0.2) is 5.82 Å². The van der Waals surface area contributed by atoms with Crippen molar-refractivity contribution in [2.24, 2.45) is 0 Å². The summed E-state index contributed by atoms with van der Waals surface area (Å²) in [7, 11) is 0. The van der Waals surface area contributed by atoms with Crippen molar-refractivity contribution in [2.75, 3.05) is 5.32 Å². The van der Waals surface area contributed by atoms with Gasteiger partial charge in [0.05, 0.1) is 18.3 Å². The van der Waals surface area contributed by atoms with E-state index >= 15 is 0 Å². The van der Waals surface area contributed by atoms with Crippen LogP contribution in [0.15, 0.2) is 97.2 Å². The van der Waals surface area contributed by atoms with Crippen LogP contribution >= 0.6 is 0 Å². The lowest BCUT2D eigenvalue weighted by Crippen LogP contribution is -2.16. The molecule has 4 heteroatoms. The van der Waals surface area contributed by atoms with E-state index in [1.165, 1.54) is 0 Å². The topological polar surface area (TPSA) is 54.9 Å². The molecule has 0 aliphatic carbocycles. The normalized spacial score (nSPS) is 10.4. The van der Waals surface area contributed by atoms with E-state index in [-0.39, 0.29) is 12.3 Å². The van der Waals surface area contributed by atoms with Gasteiger partial charge in [-0.3, -0.25) is 4.79 Å². The molecule has 0 radical (unpaired) electrons. The summed E-state index contributed by atoms with van der Waals surface area (Å²) in [5, 5.41) is 2.92. The van der Waals surface area contributed by atoms with Gasteiger partial charge in [0.2, 0.25) is 5.91 Å². The monoisotopic (exact) mass is 365 g/mol. The summed E-state index contributed by atoms with van der Waals surface area (Å²) in [6.45, 7) is 0. The third-order valence-electron chi connectivity index (χ3n) is 4.35. The van der Waals surface area contributed by atoms with Crippen LogP contribution in [0.4, 0.5) is 5.82 Å². The minimum Gasteiger partial charge on any atom is -0.309 e. The van der Waals surface area contributed by atoms with E-state index in [1.807, 2.05) is 91.0 Å². The van der Waals surface area contributed by atoms with Crippen LogP contribution < -0.4 is 5.32 Å². The molecule has 1 amide bonds. The number of carbonyl (C=O) groups is 1. The Morgan fingerprint density at radius 3 is 1.96 bits per heavy atom. The number of carbonyl (C=O) groups excluding carboxylic acids is 1. The SMILES string of the molecule is O=C(Cc1ccccc1)Nc1ncc(-c2ccccc2)nc1-c1ccccc1. The van der Waals surface area contributed by atoms with Crippen molar-refractivity contribution in [1.82, 2.24) is 9.97 Å². The van der Waals surface area contributed by atoms with E-state index in [4.69, 9.17) is 4.98 Å². The molecular weight excluding hydrogens is 346 g/mol. The van der Waals surface area contributed by atoms with Crippen molar-refractivity contribution in [1.29, 1.82) is 0 Å². The standard InChI is InChI=1S/C24H19N3O/c28-22(16-18-10-4-1-5-11-18)27-24-23(20-14-8-3-9-15-20)26-21(17-25-24)19-12-6-2-7-13-19/h1-15,17H,16H2,(H,25,27,28). The van der Waals surface area contributed by atoms with E-state index < -0.39 is 0 Å². The van der Waals surface area contributed by atoms with Gasteiger partial charge >= 0.3 is 0 Å². The maximum atomic E-state index is 12.5. The molecule has 3 aromatic carbocycles. The minimum atomic E-state index is -0.120. The third kappa shape index (κ3) is 4.13. The molecule has 136 valence electrons. The molecule has 0 spiro atoms. The number of benzene rings is 3. The smallest absolute Gasteiger partial charge is 0.230 e. The largest absolute Gasteiger partial charge is 0.309 e. The Kier molecular flexibility index (Phi) is 5.20. The molecule has 4 aromatic rings. The zero-order valence-corrected chi connectivity index (χ0v) is 15.2. The minimum absolute atomic E-state index is 0.120. The van der Waals surface area contributed by atoms with Crippen molar-refractivity contribution in [2.45, 2.75) is 6.42 Å². The Balaban J connectivity index is 1.67. The Morgan fingerprint density at radius 1 is 0.750 bits per heavy atom. The van der Waals surface area contributed by atoms with Crippen molar-refractivity contribution in [3.63, 3.8) is 0 Å². The molecule has 0 aliphatic rings. The number of anilines is 1. The molecule has 1 N–H and O–H groups in total. The van der Waals surface area contributed by atoms with Crippen LogP contribution in [-0.4, -0.2) is 15.9 Å². The lowest BCUT2D eigenvalue weighted by Gasteiger charge is -2.12. The second-order valence-corrected chi connectivity index (χ2v) is 6.40. The average molecular weight is 365 g/mol. The molecule has 0 atom stereocenters. The van der Waals surface area contributed by atoms with Crippen molar-refractivity contribution < 1.29 is 4.79 Å². The van der Waals surface area contributed by atoms with Gasteiger partial charge in [0.1, 0.15) is 5.69 Å². The number of hydrogen-bond donors (Lipinski definition) is 1. The maximum absolute atomic E-state index is 12.5. The second kappa shape index (κ2) is 8.27. The first-order valence-electron chi connectivity index (χ1n) is 9.11. The van der Waals surface area contributed by atoms with Crippen molar-refractivity contribution in [3.05, 3.63) is 103 Å². The lowest BCUT2D eigenvalue weighted by atomic mass is 10.1. The highest BCUT2D eigenvalue weighted by molar-refractivity contribution is 5.94. The third-order valence-corrected chi connectivity index (χ3v) is 4.35. The zero-order chi connectivity index (χ0) is 19.2. The molecule has 4 rings (SSSR count). The number of amides is 1. The summed E-state index contributed by atoms with van der Waals surface area (Å²) in [6, 6.07) is 29.3. The Hall–Kier alpha value is -3.79. The number of nitrogens with zero attached hydrogens (tertiary/aromatic N) is 2. The molecule has 0 saturated carbocycles. The molecular formula is C24H19N3O. The van der Waals surface area contributed by atoms with E-state index in [9.17, 15) is 4.79 Å². The predicted molar refractivity (Wildman–Crippen MR) is 112 cm³/mol. The maximum Gasteiger partial charge on any atom is 0.230 e. The number of rotatable bonds is 5. The highest BCUT2D eigenvalue weighted by Crippen LogP contribution is 2.27. The van der Waals surface area contributed by atoms with Gasteiger partial charge in [-0.25, -0.2) is 9.97 Å². The van der Waals surface area contributed by atoms with Crippen LogP contribution in [0.25, 0.3) is 22.5 Å². The molecule has 0 aliphatic heterocycles. The van der Waals surface area contributed by atoms with Crippen LogP contribution in [0.3, 0.4) is 0 Å². The first-order chi connectivity index (χ1) is 13.8. The van der Waals surface area contributed by atoms with E-state index in [1.54, 1.807) is 6.20 Å². The van der Waals surface area contributed by atoms with Gasteiger partial charge in [-0.1, -0.05) is 91.0 Å². The Morgan fingerprint density at radius 2 is 1.32 bits per heavy atom. The fourth-order valence-corrected chi connectivity index (χ4v) is 2.98. The van der Waals surface area contributed by atoms with Crippen LogP contribution in [0.1, 0.15) is 5.56 Å². The van der Waals surface area contributed by atoms with Gasteiger partial charge in [-0.15, -0.1) is 0 Å². The number of aromatic nitrogens is 2. The first-order valence-corrected chi connectivity index (χ1v) is 9.11. The molecule has 0 saturated heterocycles. The van der Waals surface area contributed by atoms with Crippen LogP contribution in [0.2, 0.25) is 0 Å². The fraction of sp³-hybridized carbons (Fsp3) is 0.0417. The van der Waals surface area contributed by atoms with Gasteiger partial charge < -0.3 is 5.32 Å². The predicted octanol–water partition coefficient (Wildman–Crippen LogP) is 4.99. The van der Waals surface area contributed by atoms with Gasteiger partial charge in [-0.2, -0.15) is 0 Å². The second-order valence-electron chi connectivity index (χ2n) is 6.40. The summed E-state index contributed by atoms with van der Waals surface area (Å²) in [5.41, 5.74) is 4.26. The van der Waals surface area contributed by atoms with Crippen LogP contribution in [0.5, 0.6) is 0 Å². The number of hydrogen-bond acceptors (Lipinski definition) is 3. The van der Waals surface area contributed by atoms with E-state index in [0.717, 1.165) is 22.4 Å². The molecule has 4 nitrogen and oxygen atoms in total.